The number of nitro groups is 1. The molecule has 0 saturated heterocycles. The van der Waals surface area contributed by atoms with Gasteiger partial charge in [0.2, 0.25) is 0 Å². The molecule has 7 nitrogen and oxygen atoms in total. The second-order valence-electron chi connectivity index (χ2n) is 4.44. The number of methoxy groups -OCH3 is 2. The normalized spacial score (nSPS) is 10.2. The summed E-state index contributed by atoms with van der Waals surface area (Å²) in [6.45, 7) is 1.75. The molecule has 0 bridgehead atoms. The van der Waals surface area contributed by atoms with Gasteiger partial charge in [-0.25, -0.2) is 4.98 Å². The topological polar surface area (TPSA) is 86.5 Å². The van der Waals surface area contributed by atoms with Crippen LogP contribution in [0.15, 0.2) is 28.9 Å². The summed E-state index contributed by atoms with van der Waals surface area (Å²) in [4.78, 5) is 14.3. The highest BCUT2D eigenvalue weighted by Crippen LogP contribution is 2.38. The molecule has 0 saturated carbocycles. The molecule has 1 aromatic heterocycles. The summed E-state index contributed by atoms with van der Waals surface area (Å²) in [6.07, 6.45) is 1.21. The highest BCUT2D eigenvalue weighted by molar-refractivity contribution is 9.10. The lowest BCUT2D eigenvalue weighted by molar-refractivity contribution is -0.385. The van der Waals surface area contributed by atoms with E-state index in [1.807, 2.05) is 0 Å². The van der Waals surface area contributed by atoms with E-state index in [-0.39, 0.29) is 5.69 Å². The smallest absolute Gasteiger partial charge is 0.287 e. The molecule has 1 heterocycles. The Bertz CT molecular complexity index is 696. The standard InChI is InChI=1S/C14H14BrN3O4/c1-8-4-10(18(19)20)7-16-14(8)17-9-5-11(21-2)13(15)12(6-9)22-3/h4-7H,1-3H3,(H,16,17). The molecule has 0 spiro atoms. The van der Waals surface area contributed by atoms with E-state index in [4.69, 9.17) is 9.47 Å². The van der Waals surface area contributed by atoms with Gasteiger partial charge in [-0.15, -0.1) is 0 Å². The number of hydrogen-bond donors (Lipinski definition) is 1. The lowest BCUT2D eigenvalue weighted by atomic mass is 10.2. The third kappa shape index (κ3) is 3.28. The summed E-state index contributed by atoms with van der Waals surface area (Å²) in [6, 6.07) is 5.01. The van der Waals surface area contributed by atoms with E-state index in [1.165, 1.54) is 12.3 Å². The average Bonchev–Trinajstić information content (AvgIpc) is 2.50. The first-order valence-corrected chi connectivity index (χ1v) is 7.05. The Hall–Kier alpha value is -2.35. The number of hydrogen-bond acceptors (Lipinski definition) is 6. The molecule has 0 aliphatic carbocycles. The van der Waals surface area contributed by atoms with Gasteiger partial charge < -0.3 is 14.8 Å². The van der Waals surface area contributed by atoms with E-state index in [1.54, 1.807) is 33.3 Å². The van der Waals surface area contributed by atoms with Gasteiger partial charge in [0.15, 0.2) is 0 Å². The Morgan fingerprint density at radius 3 is 2.27 bits per heavy atom. The number of rotatable bonds is 5. The molecule has 0 radical (unpaired) electrons. The molecule has 0 atom stereocenters. The van der Waals surface area contributed by atoms with Crippen LogP contribution >= 0.6 is 15.9 Å². The van der Waals surface area contributed by atoms with Crippen LogP contribution in [0.5, 0.6) is 11.5 Å². The van der Waals surface area contributed by atoms with Gasteiger partial charge in [0.1, 0.15) is 28.0 Å². The molecular formula is C14H14BrN3O4. The fourth-order valence-electron chi connectivity index (χ4n) is 1.87. The predicted molar refractivity (Wildman–Crippen MR) is 86.2 cm³/mol. The van der Waals surface area contributed by atoms with Crippen LogP contribution < -0.4 is 14.8 Å². The van der Waals surface area contributed by atoms with Crippen LogP contribution in [0.3, 0.4) is 0 Å². The van der Waals surface area contributed by atoms with Crippen molar-refractivity contribution < 1.29 is 14.4 Å². The monoisotopic (exact) mass is 367 g/mol. The first-order chi connectivity index (χ1) is 10.5. The number of aromatic nitrogens is 1. The minimum atomic E-state index is -0.477. The maximum absolute atomic E-state index is 10.7. The van der Waals surface area contributed by atoms with E-state index >= 15 is 0 Å². The first-order valence-electron chi connectivity index (χ1n) is 6.26. The SMILES string of the molecule is COc1cc(Nc2ncc([N+](=O)[O-])cc2C)cc(OC)c1Br. The average molecular weight is 368 g/mol. The number of aryl methyl sites for hydroxylation is 1. The van der Waals surface area contributed by atoms with Gasteiger partial charge in [-0.05, 0) is 28.4 Å². The number of benzene rings is 1. The fraction of sp³-hybridized carbons (Fsp3) is 0.214. The molecule has 2 aromatic rings. The lowest BCUT2D eigenvalue weighted by Crippen LogP contribution is -2.00. The molecule has 8 heteroatoms. The number of nitrogens with zero attached hydrogens (tertiary/aromatic N) is 2. The van der Waals surface area contributed by atoms with Crippen LogP contribution in [0.1, 0.15) is 5.56 Å². The first kappa shape index (κ1) is 16.0. The Kier molecular flexibility index (Phi) is 4.81. The molecule has 2 rings (SSSR count). The van der Waals surface area contributed by atoms with Crippen molar-refractivity contribution in [3.63, 3.8) is 0 Å². The van der Waals surface area contributed by atoms with E-state index in [0.717, 1.165) is 0 Å². The van der Waals surface area contributed by atoms with Crippen molar-refractivity contribution in [3.8, 4) is 11.5 Å². The Labute approximate surface area is 135 Å². The number of ether oxygens (including phenoxy) is 2. The summed E-state index contributed by atoms with van der Waals surface area (Å²) in [5.74, 6) is 1.72. The zero-order chi connectivity index (χ0) is 16.3. The van der Waals surface area contributed by atoms with Gasteiger partial charge >= 0.3 is 0 Å². The van der Waals surface area contributed by atoms with Crippen LogP contribution in [-0.2, 0) is 0 Å². The summed E-state index contributed by atoms with van der Waals surface area (Å²) >= 11 is 3.39. The van der Waals surface area contributed by atoms with Crippen molar-refractivity contribution in [1.29, 1.82) is 0 Å². The van der Waals surface area contributed by atoms with Crippen LogP contribution in [0, 0.1) is 17.0 Å². The minimum Gasteiger partial charge on any atom is -0.495 e. The zero-order valence-electron chi connectivity index (χ0n) is 12.2. The molecule has 116 valence electrons. The van der Waals surface area contributed by atoms with Gasteiger partial charge in [0, 0.05) is 23.9 Å². The van der Waals surface area contributed by atoms with Gasteiger partial charge in [-0.2, -0.15) is 0 Å². The summed E-state index contributed by atoms with van der Waals surface area (Å²) in [7, 11) is 3.11. The maximum atomic E-state index is 10.7. The zero-order valence-corrected chi connectivity index (χ0v) is 13.8. The lowest BCUT2D eigenvalue weighted by Gasteiger charge is -2.13. The highest BCUT2D eigenvalue weighted by atomic mass is 79.9. The second-order valence-corrected chi connectivity index (χ2v) is 5.23. The molecular weight excluding hydrogens is 354 g/mol. The van der Waals surface area contributed by atoms with E-state index in [0.29, 0.717) is 33.0 Å². The van der Waals surface area contributed by atoms with Gasteiger partial charge in [0.25, 0.3) is 5.69 Å². The Morgan fingerprint density at radius 1 is 1.23 bits per heavy atom. The third-order valence-corrected chi connectivity index (χ3v) is 3.76. The van der Waals surface area contributed by atoms with E-state index in [2.05, 4.69) is 26.2 Å². The summed E-state index contributed by atoms with van der Waals surface area (Å²) < 4.78 is 11.2. The van der Waals surface area contributed by atoms with Crippen molar-refractivity contribution in [2.75, 3.05) is 19.5 Å². The van der Waals surface area contributed by atoms with Crippen molar-refractivity contribution in [2.24, 2.45) is 0 Å². The maximum Gasteiger partial charge on any atom is 0.287 e. The summed E-state index contributed by atoms with van der Waals surface area (Å²) in [5.41, 5.74) is 1.31. The van der Waals surface area contributed by atoms with Gasteiger partial charge in [-0.1, -0.05) is 0 Å². The molecule has 0 unspecified atom stereocenters. The van der Waals surface area contributed by atoms with Crippen LogP contribution in [0.2, 0.25) is 0 Å². The highest BCUT2D eigenvalue weighted by Gasteiger charge is 2.13. The number of nitrogens with one attached hydrogen (secondary N) is 1. The second kappa shape index (κ2) is 6.61. The molecule has 0 amide bonds. The minimum absolute atomic E-state index is 0.0472. The van der Waals surface area contributed by atoms with E-state index in [9.17, 15) is 10.1 Å². The molecule has 0 aliphatic rings. The van der Waals surface area contributed by atoms with E-state index < -0.39 is 4.92 Å². The van der Waals surface area contributed by atoms with Gasteiger partial charge in [-0.3, -0.25) is 10.1 Å². The fourth-order valence-corrected chi connectivity index (χ4v) is 2.42. The molecule has 0 fully saturated rings. The number of pyridine rings is 1. The molecule has 22 heavy (non-hydrogen) atoms. The van der Waals surface area contributed by atoms with Crippen LogP contribution in [0.4, 0.5) is 17.2 Å². The van der Waals surface area contributed by atoms with Gasteiger partial charge in [0.05, 0.1) is 19.1 Å². The van der Waals surface area contributed by atoms with Crippen LogP contribution in [-0.4, -0.2) is 24.1 Å². The Morgan fingerprint density at radius 2 is 1.82 bits per heavy atom. The van der Waals surface area contributed by atoms with Crippen molar-refractivity contribution in [3.05, 3.63) is 44.5 Å². The van der Waals surface area contributed by atoms with Crippen molar-refractivity contribution in [1.82, 2.24) is 4.98 Å². The molecule has 1 aromatic carbocycles. The van der Waals surface area contributed by atoms with Crippen LogP contribution in [0.25, 0.3) is 0 Å². The number of halogens is 1. The Balaban J connectivity index is 2.36. The largest absolute Gasteiger partial charge is 0.495 e. The number of anilines is 2. The third-order valence-electron chi connectivity index (χ3n) is 2.98. The van der Waals surface area contributed by atoms with Crippen molar-refractivity contribution in [2.45, 2.75) is 6.92 Å². The van der Waals surface area contributed by atoms with Crippen molar-refractivity contribution >= 4 is 33.1 Å². The summed E-state index contributed by atoms with van der Waals surface area (Å²) in [5, 5.41) is 13.8. The quantitative estimate of drug-likeness (QED) is 0.638. The molecule has 0 aliphatic heterocycles. The molecule has 1 N–H and O–H groups in total. The predicted octanol–water partition coefficient (Wildman–Crippen LogP) is 3.82.